The average Bonchev–Trinajstić information content (AvgIpc) is 1.82. The number of hydrogen-bond acceptors (Lipinski definition) is 3. The van der Waals surface area contributed by atoms with Crippen LogP contribution in [0.1, 0.15) is 20.8 Å². The maximum absolute atomic E-state index is 3.65. The van der Waals surface area contributed by atoms with Crippen LogP contribution >= 0.6 is 0 Å². The third-order valence-corrected chi connectivity index (χ3v) is 3.42. The summed E-state index contributed by atoms with van der Waals surface area (Å²) in [7, 11) is 8.21. The Bertz CT molecular complexity index is 132. The van der Waals surface area contributed by atoms with E-state index in [-0.39, 0.29) is 9.68 Å². The van der Waals surface area contributed by atoms with Gasteiger partial charge >= 0.3 is 0 Å². The molecule has 0 aromatic rings. The third kappa shape index (κ3) is 6.21. The van der Waals surface area contributed by atoms with E-state index in [1.165, 1.54) is 0 Å². The van der Waals surface area contributed by atoms with Crippen LogP contribution in [-0.4, -0.2) is 54.0 Å². The molecule has 0 bridgehead atoms. The summed E-state index contributed by atoms with van der Waals surface area (Å²) in [5.41, 5.74) is 0. The highest BCUT2D eigenvalue weighted by molar-refractivity contribution is 6.36. The molecule has 0 aliphatic carbocycles. The minimum absolute atomic E-state index is 0.217. The largest absolute Gasteiger partial charge is 0.315 e. The SMILES string of the molecule is CN(C)C(N[SiH2]C(C)(C)C)N(C)C. The van der Waals surface area contributed by atoms with Crippen molar-refractivity contribution in [3.8, 4) is 0 Å². The molecule has 0 saturated heterocycles. The van der Waals surface area contributed by atoms with Crippen LogP contribution in [-0.2, 0) is 0 Å². The van der Waals surface area contributed by atoms with E-state index in [2.05, 4.69) is 63.7 Å². The second kappa shape index (κ2) is 5.10. The van der Waals surface area contributed by atoms with E-state index in [4.69, 9.17) is 0 Å². The van der Waals surface area contributed by atoms with E-state index in [1.54, 1.807) is 0 Å². The van der Waals surface area contributed by atoms with E-state index in [0.717, 1.165) is 0 Å². The van der Waals surface area contributed by atoms with Gasteiger partial charge in [-0.15, -0.1) is 0 Å². The van der Waals surface area contributed by atoms with Gasteiger partial charge in [0.2, 0.25) is 0 Å². The third-order valence-electron chi connectivity index (χ3n) is 1.79. The molecule has 13 heavy (non-hydrogen) atoms. The summed E-state index contributed by atoms with van der Waals surface area (Å²) in [6.07, 6.45) is 0.380. The molecule has 3 nitrogen and oxygen atoms in total. The minimum atomic E-state index is -0.217. The number of nitrogens with one attached hydrogen (secondary N) is 1. The summed E-state index contributed by atoms with van der Waals surface area (Å²) >= 11 is 0. The molecule has 0 fully saturated rings. The lowest BCUT2D eigenvalue weighted by Gasteiger charge is -2.33. The van der Waals surface area contributed by atoms with Crippen LogP contribution in [0.5, 0.6) is 0 Å². The van der Waals surface area contributed by atoms with Crippen molar-refractivity contribution in [3.05, 3.63) is 0 Å². The molecule has 0 heterocycles. The molecule has 0 spiro atoms. The second-order valence-electron chi connectivity index (χ2n) is 5.24. The summed E-state index contributed by atoms with van der Waals surface area (Å²) in [6, 6.07) is 0. The summed E-state index contributed by atoms with van der Waals surface area (Å²) in [5.74, 6) is 0. The predicted octanol–water partition coefficient (Wildman–Crippen LogP) is 0.285. The Kier molecular flexibility index (Phi) is 5.13. The molecule has 0 aliphatic heterocycles. The molecular formula is C9H25N3Si. The Labute approximate surface area is 85.4 Å². The van der Waals surface area contributed by atoms with Crippen molar-refractivity contribution < 1.29 is 0 Å². The highest BCUT2D eigenvalue weighted by Crippen LogP contribution is 2.18. The molecule has 0 aromatic heterocycles. The molecule has 0 atom stereocenters. The van der Waals surface area contributed by atoms with E-state index < -0.39 is 0 Å². The first kappa shape index (κ1) is 13.1. The van der Waals surface area contributed by atoms with Crippen molar-refractivity contribution in [2.75, 3.05) is 28.2 Å². The summed E-state index contributed by atoms with van der Waals surface area (Å²) < 4.78 is 0. The standard InChI is InChI=1S/C9H25N3Si/c1-9(2,3)13-10-8(11(4)5)12(6)7/h8,10H,13H2,1-7H3. The molecule has 0 unspecified atom stereocenters. The zero-order chi connectivity index (χ0) is 10.6. The minimum Gasteiger partial charge on any atom is -0.315 e. The molecule has 0 aromatic carbocycles. The monoisotopic (exact) mass is 203 g/mol. The van der Waals surface area contributed by atoms with Crippen LogP contribution in [0.2, 0.25) is 5.04 Å². The molecule has 0 rings (SSSR count). The lowest BCUT2D eigenvalue weighted by atomic mass is 10.3. The van der Waals surface area contributed by atoms with Crippen molar-refractivity contribution in [1.29, 1.82) is 0 Å². The van der Waals surface area contributed by atoms with Gasteiger partial charge in [0.1, 0.15) is 16.0 Å². The first-order valence-corrected chi connectivity index (χ1v) is 6.22. The highest BCUT2D eigenvalue weighted by atomic mass is 28.2. The van der Waals surface area contributed by atoms with Crippen molar-refractivity contribution in [3.63, 3.8) is 0 Å². The molecule has 80 valence electrons. The van der Waals surface area contributed by atoms with Crippen LogP contribution in [0.25, 0.3) is 0 Å². The molecule has 0 radical (unpaired) electrons. The van der Waals surface area contributed by atoms with Crippen LogP contribution in [0.4, 0.5) is 0 Å². The molecular weight excluding hydrogens is 178 g/mol. The zero-order valence-corrected chi connectivity index (χ0v) is 11.6. The van der Waals surface area contributed by atoms with Gasteiger partial charge in [-0.05, 0) is 33.2 Å². The van der Waals surface area contributed by atoms with Crippen LogP contribution < -0.4 is 4.98 Å². The van der Waals surface area contributed by atoms with Gasteiger partial charge in [0, 0.05) is 0 Å². The first-order chi connectivity index (χ1) is 5.74. The molecule has 0 saturated carbocycles. The fourth-order valence-corrected chi connectivity index (χ4v) is 2.75. The van der Waals surface area contributed by atoms with Crippen molar-refractivity contribution >= 4 is 9.68 Å². The molecule has 1 N–H and O–H groups in total. The van der Waals surface area contributed by atoms with Gasteiger partial charge in [0.25, 0.3) is 0 Å². The first-order valence-electron chi connectivity index (χ1n) is 4.80. The van der Waals surface area contributed by atoms with Gasteiger partial charge in [0.15, 0.2) is 0 Å². The van der Waals surface area contributed by atoms with Crippen LogP contribution in [0, 0.1) is 0 Å². The van der Waals surface area contributed by atoms with Crippen LogP contribution in [0.3, 0.4) is 0 Å². The lowest BCUT2D eigenvalue weighted by molar-refractivity contribution is 0.118. The smallest absolute Gasteiger partial charge is 0.109 e. The number of nitrogens with zero attached hydrogens (tertiary/aromatic N) is 2. The van der Waals surface area contributed by atoms with Gasteiger partial charge in [-0.1, -0.05) is 20.8 Å². The van der Waals surface area contributed by atoms with Crippen LogP contribution in [0.15, 0.2) is 0 Å². The van der Waals surface area contributed by atoms with Gasteiger partial charge in [-0.25, -0.2) is 0 Å². The summed E-state index contributed by atoms with van der Waals surface area (Å²) in [4.78, 5) is 8.06. The topological polar surface area (TPSA) is 18.5 Å². The predicted molar refractivity (Wildman–Crippen MR) is 62.6 cm³/mol. The fraction of sp³-hybridized carbons (Fsp3) is 1.00. The van der Waals surface area contributed by atoms with Gasteiger partial charge in [0.05, 0.1) is 0 Å². The number of hydrogen-bond donors (Lipinski definition) is 1. The van der Waals surface area contributed by atoms with E-state index in [1.807, 2.05) is 0 Å². The molecule has 0 aliphatic rings. The average molecular weight is 203 g/mol. The normalized spacial score (nSPS) is 14.3. The second-order valence-corrected chi connectivity index (χ2v) is 8.13. The summed E-state index contributed by atoms with van der Waals surface area (Å²) in [6.45, 7) is 6.90. The fourth-order valence-electron chi connectivity index (χ4n) is 1.22. The highest BCUT2D eigenvalue weighted by Gasteiger charge is 2.17. The van der Waals surface area contributed by atoms with Crippen molar-refractivity contribution in [2.45, 2.75) is 32.1 Å². The molecule has 0 amide bonds. The quantitative estimate of drug-likeness (QED) is 0.523. The van der Waals surface area contributed by atoms with Crippen molar-refractivity contribution in [1.82, 2.24) is 14.8 Å². The Balaban J connectivity index is 3.98. The lowest BCUT2D eigenvalue weighted by Crippen LogP contribution is -2.53. The van der Waals surface area contributed by atoms with Gasteiger partial charge < -0.3 is 4.98 Å². The summed E-state index contributed by atoms with van der Waals surface area (Å²) in [5, 5.41) is 0.476. The van der Waals surface area contributed by atoms with E-state index in [0.29, 0.717) is 11.3 Å². The maximum atomic E-state index is 3.65. The van der Waals surface area contributed by atoms with Gasteiger partial charge in [-0.2, -0.15) is 0 Å². The van der Waals surface area contributed by atoms with E-state index >= 15 is 0 Å². The molecule has 4 heteroatoms. The Hall–Kier alpha value is 0.0969. The number of rotatable bonds is 4. The Morgan fingerprint density at radius 3 is 1.62 bits per heavy atom. The zero-order valence-electron chi connectivity index (χ0n) is 10.2. The van der Waals surface area contributed by atoms with Crippen molar-refractivity contribution in [2.24, 2.45) is 0 Å². The Morgan fingerprint density at radius 1 is 1.00 bits per heavy atom. The van der Waals surface area contributed by atoms with E-state index in [9.17, 15) is 0 Å². The maximum Gasteiger partial charge on any atom is 0.109 e. The van der Waals surface area contributed by atoms with Gasteiger partial charge in [-0.3, -0.25) is 9.80 Å². The Morgan fingerprint density at radius 2 is 1.38 bits per heavy atom.